The van der Waals surface area contributed by atoms with Gasteiger partial charge in [-0.05, 0) is 30.3 Å². The largest absolute Gasteiger partial charge is 0.147 e. The summed E-state index contributed by atoms with van der Waals surface area (Å²) in [4.78, 5) is 0. The first-order valence-corrected chi connectivity index (χ1v) is 8.06. The zero-order valence-electron chi connectivity index (χ0n) is 9.13. The molecule has 2 rings (SSSR count). The summed E-state index contributed by atoms with van der Waals surface area (Å²) in [5, 5.41) is 0. The Bertz CT molecular complexity index is 164. The first-order chi connectivity index (χ1) is 6.88. The van der Waals surface area contributed by atoms with E-state index in [4.69, 9.17) is 0 Å². The van der Waals surface area contributed by atoms with Crippen LogP contribution in [0, 0.1) is 11.8 Å². The zero-order valence-corrected chi connectivity index (χ0v) is 10.8. The summed E-state index contributed by atoms with van der Waals surface area (Å²) in [6, 6.07) is 0. The van der Waals surface area contributed by atoms with Crippen LogP contribution in [0.25, 0.3) is 0 Å². The normalized spacial score (nSPS) is 32.8. The summed E-state index contributed by atoms with van der Waals surface area (Å²) in [6.07, 6.45) is 8.69. The molecule has 0 N–H and O–H groups in total. The van der Waals surface area contributed by atoms with Crippen molar-refractivity contribution in [1.82, 2.24) is 0 Å². The van der Waals surface area contributed by atoms with E-state index in [0.29, 0.717) is 0 Å². The molecule has 1 radical (unpaired) electrons. The highest BCUT2D eigenvalue weighted by Gasteiger charge is 2.30. The molecule has 1 heterocycles. The van der Waals surface area contributed by atoms with E-state index >= 15 is 0 Å². The Morgan fingerprint density at radius 1 is 1.00 bits per heavy atom. The van der Waals surface area contributed by atoms with Crippen LogP contribution in [-0.4, -0.2) is 16.1 Å². The topological polar surface area (TPSA) is 0 Å². The molecule has 1 atom stereocenters. The van der Waals surface area contributed by atoms with Gasteiger partial charge in [-0.15, -0.1) is 23.5 Å². The van der Waals surface area contributed by atoms with E-state index in [1.54, 1.807) is 0 Å². The highest BCUT2D eigenvalue weighted by Crippen LogP contribution is 2.44. The van der Waals surface area contributed by atoms with Gasteiger partial charge in [0.2, 0.25) is 0 Å². The molecule has 2 aliphatic rings. The average Bonchev–Trinajstić information content (AvgIpc) is 2.44. The van der Waals surface area contributed by atoms with Crippen molar-refractivity contribution in [3.05, 3.63) is 5.92 Å². The molecular formula is C12H21S2. The monoisotopic (exact) mass is 229 g/mol. The van der Waals surface area contributed by atoms with Crippen molar-refractivity contribution in [3.63, 3.8) is 0 Å². The second kappa shape index (κ2) is 5.69. The van der Waals surface area contributed by atoms with E-state index < -0.39 is 0 Å². The summed E-state index contributed by atoms with van der Waals surface area (Å²) in [7, 11) is 0. The van der Waals surface area contributed by atoms with E-state index in [9.17, 15) is 0 Å². The molecule has 0 spiro atoms. The first-order valence-electron chi connectivity index (χ1n) is 5.97. The summed E-state index contributed by atoms with van der Waals surface area (Å²) >= 11 is 4.42. The first kappa shape index (κ1) is 11.2. The minimum absolute atomic E-state index is 0.858. The lowest BCUT2D eigenvalue weighted by atomic mass is 9.91. The summed E-state index contributed by atoms with van der Waals surface area (Å²) < 4.78 is 0.858. The maximum absolute atomic E-state index is 2.45. The average molecular weight is 229 g/mol. The molecule has 1 aliphatic heterocycles. The fraction of sp³-hybridized carbons (Fsp3) is 0.917. The highest BCUT2D eigenvalue weighted by atomic mass is 32.2. The van der Waals surface area contributed by atoms with Crippen molar-refractivity contribution in [2.45, 2.75) is 50.0 Å². The van der Waals surface area contributed by atoms with Gasteiger partial charge in [0.15, 0.2) is 0 Å². The Morgan fingerprint density at radius 3 is 2.57 bits per heavy atom. The number of thioether (sulfide) groups is 2. The van der Waals surface area contributed by atoms with Crippen molar-refractivity contribution in [2.24, 2.45) is 5.92 Å². The van der Waals surface area contributed by atoms with Crippen LogP contribution in [-0.2, 0) is 0 Å². The number of rotatable bonds is 1. The molecule has 81 valence electrons. The quantitative estimate of drug-likeness (QED) is 0.613. The van der Waals surface area contributed by atoms with Gasteiger partial charge in [-0.2, -0.15) is 0 Å². The van der Waals surface area contributed by atoms with Crippen molar-refractivity contribution < 1.29 is 0 Å². The third-order valence-electron chi connectivity index (χ3n) is 3.37. The van der Waals surface area contributed by atoms with Gasteiger partial charge in [-0.3, -0.25) is 0 Å². The fourth-order valence-electron chi connectivity index (χ4n) is 2.44. The maximum atomic E-state index is 2.45. The molecule has 0 bridgehead atoms. The lowest BCUT2D eigenvalue weighted by Crippen LogP contribution is -2.21. The molecular weight excluding hydrogens is 208 g/mol. The lowest BCUT2D eigenvalue weighted by molar-refractivity contribution is 0.539. The molecule has 1 saturated heterocycles. The van der Waals surface area contributed by atoms with Crippen LogP contribution in [0.5, 0.6) is 0 Å². The molecule has 2 fully saturated rings. The fourth-order valence-corrected chi connectivity index (χ4v) is 5.76. The third kappa shape index (κ3) is 2.85. The van der Waals surface area contributed by atoms with Crippen molar-refractivity contribution in [1.29, 1.82) is 0 Å². The molecule has 0 aromatic heterocycles. The van der Waals surface area contributed by atoms with Crippen molar-refractivity contribution in [2.75, 3.05) is 11.5 Å². The predicted molar refractivity (Wildman–Crippen MR) is 68.8 cm³/mol. The molecule has 1 unspecified atom stereocenters. The Hall–Kier alpha value is 0.700. The van der Waals surface area contributed by atoms with Gasteiger partial charge in [0.25, 0.3) is 0 Å². The third-order valence-corrected chi connectivity index (χ3v) is 6.44. The van der Waals surface area contributed by atoms with Gasteiger partial charge in [0.05, 0.1) is 4.58 Å². The molecule has 0 amide bonds. The Labute approximate surface area is 97.0 Å². The molecule has 0 aromatic carbocycles. The molecule has 1 aliphatic carbocycles. The number of hydrogen-bond donors (Lipinski definition) is 0. The molecule has 0 aromatic rings. The smallest absolute Gasteiger partial charge is 0.0567 e. The van der Waals surface area contributed by atoms with Crippen LogP contribution >= 0.6 is 23.5 Å². The molecule has 14 heavy (non-hydrogen) atoms. The summed E-state index contributed by atoms with van der Waals surface area (Å²) in [5.74, 6) is 5.58. The second-order valence-electron chi connectivity index (χ2n) is 4.50. The Balaban J connectivity index is 1.91. The SMILES string of the molecule is CC1CCCCC[C]1C1SCCCS1. The van der Waals surface area contributed by atoms with Crippen LogP contribution in [0.2, 0.25) is 0 Å². The van der Waals surface area contributed by atoms with Crippen LogP contribution in [0.3, 0.4) is 0 Å². The summed E-state index contributed by atoms with van der Waals surface area (Å²) in [6.45, 7) is 2.45. The minimum Gasteiger partial charge on any atom is -0.147 e. The van der Waals surface area contributed by atoms with Crippen LogP contribution in [0.1, 0.15) is 45.4 Å². The van der Waals surface area contributed by atoms with Gasteiger partial charge in [0.1, 0.15) is 0 Å². The zero-order chi connectivity index (χ0) is 9.80. The summed E-state index contributed by atoms with van der Waals surface area (Å²) in [5.41, 5.74) is 0. The van der Waals surface area contributed by atoms with E-state index in [1.807, 2.05) is 5.92 Å². The second-order valence-corrected chi connectivity index (χ2v) is 7.23. The number of hydrogen-bond acceptors (Lipinski definition) is 2. The predicted octanol–water partition coefficient (Wildman–Crippen LogP) is 4.36. The van der Waals surface area contributed by atoms with Crippen LogP contribution < -0.4 is 0 Å². The molecule has 2 heteroatoms. The Morgan fingerprint density at radius 2 is 1.79 bits per heavy atom. The van der Waals surface area contributed by atoms with E-state index in [-0.39, 0.29) is 0 Å². The van der Waals surface area contributed by atoms with Gasteiger partial charge in [-0.25, -0.2) is 0 Å². The van der Waals surface area contributed by atoms with Crippen LogP contribution in [0.15, 0.2) is 0 Å². The van der Waals surface area contributed by atoms with E-state index in [1.165, 1.54) is 50.0 Å². The molecule has 1 saturated carbocycles. The maximum Gasteiger partial charge on any atom is 0.0567 e. The van der Waals surface area contributed by atoms with Crippen molar-refractivity contribution >= 4 is 23.5 Å². The lowest BCUT2D eigenvalue weighted by Gasteiger charge is -2.31. The molecule has 0 nitrogen and oxygen atoms in total. The van der Waals surface area contributed by atoms with E-state index in [0.717, 1.165) is 10.5 Å². The van der Waals surface area contributed by atoms with Gasteiger partial charge >= 0.3 is 0 Å². The highest BCUT2D eigenvalue weighted by molar-refractivity contribution is 8.17. The van der Waals surface area contributed by atoms with Gasteiger partial charge in [0, 0.05) is 5.92 Å². The minimum atomic E-state index is 0.858. The van der Waals surface area contributed by atoms with Crippen LogP contribution in [0.4, 0.5) is 0 Å². The van der Waals surface area contributed by atoms with E-state index in [2.05, 4.69) is 30.4 Å². The van der Waals surface area contributed by atoms with Gasteiger partial charge < -0.3 is 0 Å². The van der Waals surface area contributed by atoms with Crippen molar-refractivity contribution in [3.8, 4) is 0 Å². The van der Waals surface area contributed by atoms with Gasteiger partial charge in [-0.1, -0.05) is 32.6 Å². The standard InChI is InChI=1S/C12H21S2/c1-10-6-3-2-4-7-11(10)12-13-8-5-9-14-12/h10,12H,2-9H2,1H3. The Kier molecular flexibility index (Phi) is 4.55.